The molecule has 0 N–H and O–H groups in total. The molecule has 3 aromatic carbocycles. The molecule has 0 aromatic heterocycles. The van der Waals surface area contributed by atoms with Gasteiger partial charge in [0.25, 0.3) is 0 Å². The lowest BCUT2D eigenvalue weighted by atomic mass is 10.1. The molecule has 0 spiro atoms. The van der Waals surface area contributed by atoms with Gasteiger partial charge < -0.3 is 0 Å². The maximum Gasteiger partial charge on any atom is 0.194 e. The van der Waals surface area contributed by atoms with Crippen LogP contribution in [-0.4, -0.2) is 0 Å². The van der Waals surface area contributed by atoms with Crippen molar-refractivity contribution >= 4 is 21.5 Å². The topological polar surface area (TPSA) is 17.1 Å². The molecule has 1 heteroatoms. The molecule has 75 valence electrons. The summed E-state index contributed by atoms with van der Waals surface area (Å²) in [6.07, 6.45) is 0. The second-order valence-electron chi connectivity index (χ2n) is 3.75. The minimum absolute atomic E-state index is 0.0763. The molecule has 0 aliphatic rings. The Hall–Kier alpha value is -2.15. The maximum atomic E-state index is 12.3. The summed E-state index contributed by atoms with van der Waals surface area (Å²) in [6, 6.07) is 20.2. The fourth-order valence-corrected chi connectivity index (χ4v) is 1.94. The normalized spacial score (nSPS) is 10.8. The van der Waals surface area contributed by atoms with E-state index >= 15 is 0 Å². The molecule has 0 saturated heterocycles. The van der Waals surface area contributed by atoms with E-state index in [4.69, 9.17) is 0 Å². The summed E-state index contributed by atoms with van der Waals surface area (Å²) in [5.41, 5.74) is 0.0763. The maximum absolute atomic E-state index is 12.3. The van der Waals surface area contributed by atoms with Crippen molar-refractivity contribution in [2.75, 3.05) is 0 Å². The van der Waals surface area contributed by atoms with Crippen LogP contribution in [0.15, 0.2) is 59.4 Å². The van der Waals surface area contributed by atoms with Gasteiger partial charge in [0.2, 0.25) is 0 Å². The zero-order valence-corrected chi connectivity index (χ0v) is 8.60. The highest BCUT2D eigenvalue weighted by Gasteiger charge is 2.00. The average molecular weight is 205 g/mol. The van der Waals surface area contributed by atoms with E-state index in [0.29, 0.717) is 0 Å². The van der Waals surface area contributed by atoms with Crippen LogP contribution in [-0.2, 0) is 0 Å². The third-order valence-electron chi connectivity index (χ3n) is 2.76. The summed E-state index contributed by atoms with van der Waals surface area (Å²) in [4.78, 5) is 12.3. The van der Waals surface area contributed by atoms with Crippen LogP contribution in [0.3, 0.4) is 0 Å². The number of hydrogen-bond acceptors (Lipinski definition) is 1. The second-order valence-corrected chi connectivity index (χ2v) is 3.75. The van der Waals surface area contributed by atoms with Crippen LogP contribution in [0.4, 0.5) is 0 Å². The van der Waals surface area contributed by atoms with Crippen LogP contribution in [0.1, 0.15) is 0 Å². The first kappa shape index (κ1) is 9.10. The third-order valence-corrected chi connectivity index (χ3v) is 2.76. The van der Waals surface area contributed by atoms with E-state index in [0.717, 1.165) is 21.5 Å². The molecule has 0 fully saturated rings. The van der Waals surface area contributed by atoms with Crippen molar-refractivity contribution in [1.82, 2.24) is 0 Å². The van der Waals surface area contributed by atoms with Crippen LogP contribution >= 0.6 is 0 Å². The highest BCUT2D eigenvalue weighted by atomic mass is 16.1. The molecule has 3 aromatic rings. The van der Waals surface area contributed by atoms with Gasteiger partial charge in [-0.15, -0.1) is 0 Å². The molecule has 3 rings (SSSR count). The third kappa shape index (κ3) is 1.29. The molecular weight excluding hydrogens is 196 g/mol. The first-order valence-corrected chi connectivity index (χ1v) is 5.19. The quantitative estimate of drug-likeness (QED) is 0.551. The monoisotopic (exact) mass is 205 g/mol. The predicted octanol–water partition coefficient (Wildman–Crippen LogP) is 3.15. The van der Waals surface area contributed by atoms with E-state index in [1.54, 1.807) is 0 Å². The number of rotatable bonds is 0. The largest absolute Gasteiger partial charge is 0.289 e. The van der Waals surface area contributed by atoms with E-state index < -0.39 is 0 Å². The van der Waals surface area contributed by atoms with Gasteiger partial charge in [0.05, 0.1) is 0 Å². The summed E-state index contributed by atoms with van der Waals surface area (Å²) in [5.74, 6) is 0. The average Bonchev–Trinajstić information content (AvgIpc) is 2.49. The molecule has 0 amide bonds. The Balaban J connectivity index is 2.69. The lowest BCUT2D eigenvalue weighted by Crippen LogP contribution is -1.97. The molecule has 0 saturated carbocycles. The number of hydrogen-bond donors (Lipinski definition) is 0. The highest BCUT2D eigenvalue weighted by Crippen LogP contribution is 2.13. The molecule has 0 aliphatic heterocycles. The van der Waals surface area contributed by atoms with Gasteiger partial charge in [-0.25, -0.2) is 0 Å². The first-order chi connectivity index (χ1) is 7.86. The van der Waals surface area contributed by atoms with Gasteiger partial charge in [-0.05, 0) is 22.9 Å². The summed E-state index contributed by atoms with van der Waals surface area (Å²) in [5, 5.41) is 3.27. The summed E-state index contributed by atoms with van der Waals surface area (Å²) in [6.45, 7) is 0. The molecule has 0 unspecified atom stereocenters. The van der Waals surface area contributed by atoms with Gasteiger partial charge in [0.15, 0.2) is 5.43 Å². The van der Waals surface area contributed by atoms with Crippen LogP contribution in [0.2, 0.25) is 0 Å². The predicted molar refractivity (Wildman–Crippen MR) is 66.6 cm³/mol. The molecule has 0 atom stereocenters. The van der Waals surface area contributed by atoms with Crippen LogP contribution in [0.5, 0.6) is 0 Å². The van der Waals surface area contributed by atoms with Gasteiger partial charge in [0, 0.05) is 10.8 Å². The Morgan fingerprint density at radius 1 is 0.812 bits per heavy atom. The van der Waals surface area contributed by atoms with Gasteiger partial charge in [-0.2, -0.15) is 0 Å². The van der Waals surface area contributed by atoms with E-state index in [1.165, 1.54) is 0 Å². The molecule has 1 nitrogen and oxygen atoms in total. The van der Waals surface area contributed by atoms with Crippen molar-refractivity contribution in [3.05, 3.63) is 70.9 Å². The molecule has 16 heavy (non-hydrogen) atoms. The summed E-state index contributed by atoms with van der Waals surface area (Å²) >= 11 is 0. The SMILES string of the molecule is O=c1c2ccccc2[c]cc2ccccc12. The number of fused-ring (bicyclic) bond motifs is 2. The van der Waals surface area contributed by atoms with E-state index in [9.17, 15) is 4.79 Å². The van der Waals surface area contributed by atoms with Crippen LogP contribution in [0, 0.1) is 6.07 Å². The van der Waals surface area contributed by atoms with Crippen molar-refractivity contribution in [3.63, 3.8) is 0 Å². The van der Waals surface area contributed by atoms with Gasteiger partial charge in [0.1, 0.15) is 0 Å². The standard InChI is InChI=1S/C15H9O/c16-15-13-7-3-1-5-11(13)9-10-12-6-2-4-8-14(12)15/h1-9H. The van der Waals surface area contributed by atoms with Crippen molar-refractivity contribution in [1.29, 1.82) is 0 Å². The van der Waals surface area contributed by atoms with Crippen LogP contribution < -0.4 is 5.43 Å². The Morgan fingerprint density at radius 2 is 1.50 bits per heavy atom. The Morgan fingerprint density at radius 3 is 2.38 bits per heavy atom. The Kier molecular flexibility index (Phi) is 1.97. The fraction of sp³-hybridized carbons (Fsp3) is 0. The Bertz CT molecular complexity index is 668. The summed E-state index contributed by atoms with van der Waals surface area (Å²) in [7, 11) is 0. The van der Waals surface area contributed by atoms with Crippen molar-refractivity contribution in [2.24, 2.45) is 0 Å². The van der Waals surface area contributed by atoms with Gasteiger partial charge in [-0.1, -0.05) is 48.5 Å². The second kappa shape index (κ2) is 3.46. The minimum atomic E-state index is 0.0763. The first-order valence-electron chi connectivity index (χ1n) is 5.19. The van der Waals surface area contributed by atoms with Crippen molar-refractivity contribution in [2.45, 2.75) is 0 Å². The molecule has 0 aliphatic carbocycles. The zero-order valence-electron chi connectivity index (χ0n) is 8.60. The van der Waals surface area contributed by atoms with Crippen molar-refractivity contribution in [3.8, 4) is 0 Å². The lowest BCUT2D eigenvalue weighted by molar-refractivity contribution is 1.75. The van der Waals surface area contributed by atoms with Gasteiger partial charge >= 0.3 is 0 Å². The van der Waals surface area contributed by atoms with Gasteiger partial charge in [-0.3, -0.25) is 4.79 Å². The van der Waals surface area contributed by atoms with E-state index in [-0.39, 0.29) is 5.43 Å². The molecule has 1 radical (unpaired) electrons. The lowest BCUT2D eigenvalue weighted by Gasteiger charge is -1.89. The smallest absolute Gasteiger partial charge is 0.194 e. The Labute approximate surface area is 93.0 Å². The fourth-order valence-electron chi connectivity index (χ4n) is 1.94. The van der Waals surface area contributed by atoms with Crippen LogP contribution in [0.25, 0.3) is 21.5 Å². The highest BCUT2D eigenvalue weighted by molar-refractivity contribution is 5.92. The zero-order chi connectivity index (χ0) is 11.0. The van der Waals surface area contributed by atoms with Crippen molar-refractivity contribution < 1.29 is 0 Å². The molecular formula is C15H9O. The van der Waals surface area contributed by atoms with E-state index in [1.807, 2.05) is 54.6 Å². The molecule has 0 bridgehead atoms. The minimum Gasteiger partial charge on any atom is -0.289 e. The van der Waals surface area contributed by atoms with E-state index in [2.05, 4.69) is 6.07 Å². The number of benzene rings is 2. The summed E-state index contributed by atoms with van der Waals surface area (Å²) < 4.78 is 0. The molecule has 0 heterocycles.